The molecule has 8 nitrogen and oxygen atoms in total. The second kappa shape index (κ2) is 13.5. The van der Waals surface area contributed by atoms with Gasteiger partial charge in [-0.1, -0.05) is 54.6 Å². The number of rotatable bonds is 11. The highest BCUT2D eigenvalue weighted by Crippen LogP contribution is 2.29. The van der Waals surface area contributed by atoms with Gasteiger partial charge in [-0.3, -0.25) is 4.79 Å². The van der Waals surface area contributed by atoms with E-state index in [0.29, 0.717) is 23.5 Å². The van der Waals surface area contributed by atoms with Crippen LogP contribution < -0.4 is 15.0 Å². The van der Waals surface area contributed by atoms with Gasteiger partial charge in [-0.2, -0.15) is 0 Å². The molecular formula is C31H34N2O6. The summed E-state index contributed by atoms with van der Waals surface area (Å²) in [6.45, 7) is 3.97. The van der Waals surface area contributed by atoms with Crippen LogP contribution in [0, 0.1) is 0 Å². The minimum Gasteiger partial charge on any atom is -0.493 e. The van der Waals surface area contributed by atoms with Crippen molar-refractivity contribution in [3.63, 3.8) is 0 Å². The van der Waals surface area contributed by atoms with Crippen LogP contribution in [0.2, 0.25) is 0 Å². The zero-order chi connectivity index (χ0) is 27.6. The standard InChI is InChI=1S/C31H34N2O6/c1-2-38-27-19-23(15-16-25(27)31(37)39-21-22-11-5-3-6-12-22)20-28(34)32-29(30(35)36)24-13-7-8-14-26(24)33-17-9-4-10-18-33/h3,5-8,11-16,19,29H,2,4,9-10,17-18,20-21H2,1H3,(H,32,34)(H,35,36). The SMILES string of the molecule is CCOc1cc(CC(=O)NC(C(=O)O)c2ccccc2N2CCCCC2)ccc1C(=O)OCc1ccccc1. The Labute approximate surface area is 228 Å². The molecule has 0 bridgehead atoms. The van der Waals surface area contributed by atoms with E-state index in [9.17, 15) is 19.5 Å². The summed E-state index contributed by atoms with van der Waals surface area (Å²) in [6, 6.07) is 20.4. The van der Waals surface area contributed by atoms with E-state index in [1.54, 1.807) is 37.3 Å². The smallest absolute Gasteiger partial charge is 0.342 e. The van der Waals surface area contributed by atoms with Crippen molar-refractivity contribution >= 4 is 23.5 Å². The van der Waals surface area contributed by atoms with Crippen LogP contribution in [0.25, 0.3) is 0 Å². The summed E-state index contributed by atoms with van der Waals surface area (Å²) in [5, 5.41) is 12.7. The maximum atomic E-state index is 13.0. The van der Waals surface area contributed by atoms with E-state index < -0.39 is 23.9 Å². The summed E-state index contributed by atoms with van der Waals surface area (Å²) in [5.74, 6) is -1.79. The van der Waals surface area contributed by atoms with Gasteiger partial charge in [0.15, 0.2) is 6.04 Å². The number of carbonyl (C=O) groups excluding carboxylic acids is 2. The third kappa shape index (κ3) is 7.37. The normalized spacial score (nSPS) is 13.8. The van der Waals surface area contributed by atoms with Crippen molar-refractivity contribution in [3.8, 4) is 5.75 Å². The third-order valence-electron chi connectivity index (χ3n) is 6.64. The fourth-order valence-electron chi connectivity index (χ4n) is 4.75. The Kier molecular flexibility index (Phi) is 9.56. The Bertz CT molecular complexity index is 1290. The van der Waals surface area contributed by atoms with Crippen LogP contribution in [0.5, 0.6) is 5.75 Å². The third-order valence-corrected chi connectivity index (χ3v) is 6.64. The molecule has 3 aromatic rings. The lowest BCUT2D eigenvalue weighted by Gasteiger charge is -2.32. The highest BCUT2D eigenvalue weighted by molar-refractivity contribution is 5.93. The van der Waals surface area contributed by atoms with Gasteiger partial charge in [0.25, 0.3) is 0 Å². The molecule has 1 aliphatic rings. The van der Waals surface area contributed by atoms with E-state index in [4.69, 9.17) is 9.47 Å². The number of hydrogen-bond acceptors (Lipinski definition) is 6. The van der Waals surface area contributed by atoms with Gasteiger partial charge < -0.3 is 24.8 Å². The number of nitrogens with one attached hydrogen (secondary N) is 1. The van der Waals surface area contributed by atoms with Crippen LogP contribution >= 0.6 is 0 Å². The van der Waals surface area contributed by atoms with Crippen molar-refractivity contribution in [2.24, 2.45) is 0 Å². The van der Waals surface area contributed by atoms with Crippen molar-refractivity contribution in [2.45, 2.75) is 45.3 Å². The van der Waals surface area contributed by atoms with E-state index >= 15 is 0 Å². The van der Waals surface area contributed by atoms with Gasteiger partial charge >= 0.3 is 11.9 Å². The Hall–Kier alpha value is -4.33. The Morgan fingerprint density at radius 2 is 1.64 bits per heavy atom. The molecule has 1 aliphatic heterocycles. The second-order valence-electron chi connectivity index (χ2n) is 9.45. The number of benzene rings is 3. The summed E-state index contributed by atoms with van der Waals surface area (Å²) < 4.78 is 11.1. The lowest BCUT2D eigenvalue weighted by atomic mass is 10.0. The van der Waals surface area contributed by atoms with E-state index in [0.717, 1.165) is 43.6 Å². The predicted octanol–water partition coefficient (Wildman–Crippen LogP) is 4.92. The molecule has 1 saturated heterocycles. The predicted molar refractivity (Wildman–Crippen MR) is 148 cm³/mol. The molecule has 1 amide bonds. The van der Waals surface area contributed by atoms with Gasteiger partial charge in [-0.05, 0) is 55.5 Å². The molecule has 2 N–H and O–H groups in total. The molecular weight excluding hydrogens is 496 g/mol. The number of amides is 1. The number of para-hydroxylation sites is 1. The second-order valence-corrected chi connectivity index (χ2v) is 9.45. The molecule has 0 saturated carbocycles. The number of carboxylic acid groups (broad SMARTS) is 1. The van der Waals surface area contributed by atoms with Crippen LogP contribution in [-0.2, 0) is 27.4 Å². The number of ether oxygens (including phenoxy) is 2. The van der Waals surface area contributed by atoms with Crippen molar-refractivity contribution < 1.29 is 29.0 Å². The summed E-state index contributed by atoms with van der Waals surface area (Å²) in [6.07, 6.45) is 3.19. The van der Waals surface area contributed by atoms with E-state index in [1.807, 2.05) is 42.5 Å². The number of nitrogens with zero attached hydrogens (tertiary/aromatic N) is 1. The Morgan fingerprint density at radius 3 is 2.36 bits per heavy atom. The van der Waals surface area contributed by atoms with Crippen molar-refractivity contribution in [1.29, 1.82) is 0 Å². The molecule has 0 aliphatic carbocycles. The number of carbonyl (C=O) groups is 3. The monoisotopic (exact) mass is 530 g/mol. The molecule has 1 fully saturated rings. The highest BCUT2D eigenvalue weighted by Gasteiger charge is 2.27. The maximum Gasteiger partial charge on any atom is 0.342 e. The van der Waals surface area contributed by atoms with Crippen molar-refractivity contribution in [2.75, 3.05) is 24.6 Å². The fraction of sp³-hybridized carbons (Fsp3) is 0.323. The minimum absolute atomic E-state index is 0.0743. The first-order valence-electron chi connectivity index (χ1n) is 13.3. The largest absolute Gasteiger partial charge is 0.493 e. The Balaban J connectivity index is 1.46. The summed E-state index contributed by atoms with van der Waals surface area (Å²) in [7, 11) is 0. The zero-order valence-electron chi connectivity index (χ0n) is 22.1. The van der Waals surface area contributed by atoms with E-state index in [1.165, 1.54) is 0 Å². The molecule has 3 aromatic carbocycles. The first-order chi connectivity index (χ1) is 19.0. The van der Waals surface area contributed by atoms with Gasteiger partial charge in [0.2, 0.25) is 5.91 Å². The molecule has 1 heterocycles. The minimum atomic E-state index is -1.19. The van der Waals surface area contributed by atoms with Crippen molar-refractivity contribution in [1.82, 2.24) is 5.32 Å². The topological polar surface area (TPSA) is 105 Å². The average molecular weight is 531 g/mol. The van der Waals surface area contributed by atoms with Gasteiger partial charge in [0, 0.05) is 24.3 Å². The number of carboxylic acids is 1. The van der Waals surface area contributed by atoms with Crippen LogP contribution in [0.15, 0.2) is 72.8 Å². The van der Waals surface area contributed by atoms with Crippen LogP contribution in [0.1, 0.15) is 59.3 Å². The molecule has 0 aromatic heterocycles. The van der Waals surface area contributed by atoms with E-state index in [2.05, 4.69) is 10.2 Å². The molecule has 8 heteroatoms. The molecule has 1 unspecified atom stereocenters. The summed E-state index contributed by atoms with van der Waals surface area (Å²) in [4.78, 5) is 40.2. The number of aliphatic carboxylic acids is 1. The highest BCUT2D eigenvalue weighted by atomic mass is 16.5. The molecule has 1 atom stereocenters. The molecule has 0 spiro atoms. The van der Waals surface area contributed by atoms with Crippen LogP contribution in [0.4, 0.5) is 5.69 Å². The van der Waals surface area contributed by atoms with E-state index in [-0.39, 0.29) is 18.6 Å². The fourth-order valence-corrected chi connectivity index (χ4v) is 4.75. The summed E-state index contributed by atoms with van der Waals surface area (Å²) in [5.41, 5.74) is 3.11. The summed E-state index contributed by atoms with van der Waals surface area (Å²) >= 11 is 0. The van der Waals surface area contributed by atoms with Crippen LogP contribution in [0.3, 0.4) is 0 Å². The molecule has 0 radical (unpaired) electrons. The molecule has 39 heavy (non-hydrogen) atoms. The van der Waals surface area contributed by atoms with Gasteiger partial charge in [0.1, 0.15) is 17.9 Å². The number of anilines is 1. The first-order valence-corrected chi connectivity index (χ1v) is 13.3. The quantitative estimate of drug-likeness (QED) is 0.339. The van der Waals surface area contributed by atoms with Gasteiger partial charge in [-0.15, -0.1) is 0 Å². The average Bonchev–Trinajstić information content (AvgIpc) is 2.96. The lowest BCUT2D eigenvalue weighted by Crippen LogP contribution is -2.37. The van der Waals surface area contributed by atoms with Crippen molar-refractivity contribution in [3.05, 3.63) is 95.1 Å². The number of esters is 1. The molecule has 4 rings (SSSR count). The lowest BCUT2D eigenvalue weighted by molar-refractivity contribution is -0.141. The zero-order valence-corrected chi connectivity index (χ0v) is 22.1. The maximum absolute atomic E-state index is 13.0. The number of hydrogen-bond donors (Lipinski definition) is 2. The number of piperidine rings is 1. The molecule has 204 valence electrons. The Morgan fingerprint density at radius 1 is 0.923 bits per heavy atom. The van der Waals surface area contributed by atoms with Crippen LogP contribution in [-0.4, -0.2) is 42.6 Å². The van der Waals surface area contributed by atoms with Gasteiger partial charge in [0.05, 0.1) is 13.0 Å². The first kappa shape index (κ1) is 27.7. The van der Waals surface area contributed by atoms with Gasteiger partial charge in [-0.25, -0.2) is 9.59 Å².